The number of carbonyl (C=O) groups is 2. The van der Waals surface area contributed by atoms with Gasteiger partial charge in [0.2, 0.25) is 17.6 Å². The Hall–Kier alpha value is -4.68. The average molecular weight is 623 g/mol. The third kappa shape index (κ3) is 7.08. The number of piperazine rings is 1. The van der Waals surface area contributed by atoms with Crippen molar-refractivity contribution >= 4 is 23.3 Å². The van der Waals surface area contributed by atoms with Gasteiger partial charge in [-0.05, 0) is 97.9 Å². The summed E-state index contributed by atoms with van der Waals surface area (Å²) in [6.45, 7) is 4.62. The maximum absolute atomic E-state index is 14.2. The zero-order valence-corrected chi connectivity index (χ0v) is 26.3. The van der Waals surface area contributed by atoms with Gasteiger partial charge in [0.15, 0.2) is 0 Å². The molecule has 6 rings (SSSR count). The fourth-order valence-electron chi connectivity index (χ4n) is 6.51. The van der Waals surface area contributed by atoms with Crippen molar-refractivity contribution in [2.45, 2.75) is 38.1 Å². The zero-order chi connectivity index (χ0) is 32.0. The topological polar surface area (TPSA) is 163 Å². The Morgan fingerprint density at radius 1 is 0.913 bits per heavy atom. The summed E-state index contributed by atoms with van der Waals surface area (Å²) >= 11 is 0. The van der Waals surface area contributed by atoms with E-state index in [2.05, 4.69) is 49.6 Å². The van der Waals surface area contributed by atoms with Crippen LogP contribution in [0.2, 0.25) is 0 Å². The van der Waals surface area contributed by atoms with Crippen molar-refractivity contribution in [1.82, 2.24) is 30.5 Å². The molecule has 2 aromatic heterocycles. The summed E-state index contributed by atoms with van der Waals surface area (Å²) in [4.78, 5) is 38.2. The number of pyridine rings is 1. The molecule has 0 radical (unpaired) electrons. The van der Waals surface area contributed by atoms with E-state index in [1.165, 1.54) is 0 Å². The number of rotatable bonds is 10. The molecule has 46 heavy (non-hydrogen) atoms. The predicted octanol–water partition coefficient (Wildman–Crippen LogP) is 2.88. The Morgan fingerprint density at radius 3 is 2.17 bits per heavy atom. The van der Waals surface area contributed by atoms with E-state index in [4.69, 9.17) is 16.5 Å². The number of aromatic nitrogens is 5. The first kappa shape index (κ1) is 31.3. The summed E-state index contributed by atoms with van der Waals surface area (Å²) in [5, 5.41) is 14.2. The van der Waals surface area contributed by atoms with Gasteiger partial charge in [-0.1, -0.05) is 24.3 Å². The molecule has 2 amide bonds. The van der Waals surface area contributed by atoms with Crippen LogP contribution >= 0.6 is 0 Å². The van der Waals surface area contributed by atoms with Crippen LogP contribution in [0.25, 0.3) is 22.5 Å². The highest BCUT2D eigenvalue weighted by Gasteiger charge is 2.36. The number of carbonyl (C=O) groups excluding carboxylic acids is 2. The number of likely N-dealkylation sites (N-methyl/N-ethyl adjacent to an activating group) is 1. The van der Waals surface area contributed by atoms with E-state index in [-0.39, 0.29) is 18.2 Å². The molecule has 1 saturated carbocycles. The quantitative estimate of drug-likeness (QED) is 0.241. The van der Waals surface area contributed by atoms with Crippen molar-refractivity contribution in [3.05, 3.63) is 72.4 Å². The van der Waals surface area contributed by atoms with Gasteiger partial charge in [-0.2, -0.15) is 5.21 Å². The number of nitrogens with one attached hydrogen (secondary N) is 1. The molecule has 0 unspecified atom stereocenters. The summed E-state index contributed by atoms with van der Waals surface area (Å²) in [7, 11) is 2.14. The van der Waals surface area contributed by atoms with Crippen LogP contribution in [0.15, 0.2) is 66.9 Å². The number of nitrogens with two attached hydrogens (primary N) is 2. The maximum atomic E-state index is 14.2. The van der Waals surface area contributed by atoms with Crippen molar-refractivity contribution in [3.8, 4) is 22.5 Å². The minimum atomic E-state index is -0.869. The lowest BCUT2D eigenvalue weighted by Crippen LogP contribution is -2.52. The lowest BCUT2D eigenvalue weighted by Gasteiger charge is -2.35. The Bertz CT molecular complexity index is 1580. The predicted molar refractivity (Wildman–Crippen MR) is 178 cm³/mol. The van der Waals surface area contributed by atoms with Crippen molar-refractivity contribution in [2.75, 3.05) is 49.6 Å². The van der Waals surface area contributed by atoms with Gasteiger partial charge in [-0.25, -0.2) is 4.98 Å². The molecule has 3 heterocycles. The number of primary amides is 1. The summed E-state index contributed by atoms with van der Waals surface area (Å²) < 4.78 is 0. The Balaban J connectivity index is 1.22. The average Bonchev–Trinajstić information content (AvgIpc) is 3.64. The fourth-order valence-corrected chi connectivity index (χ4v) is 6.51. The second kappa shape index (κ2) is 14.2. The van der Waals surface area contributed by atoms with E-state index < -0.39 is 11.9 Å². The van der Waals surface area contributed by atoms with Gasteiger partial charge in [-0.3, -0.25) is 14.5 Å². The van der Waals surface area contributed by atoms with Crippen LogP contribution in [-0.4, -0.2) is 88.1 Å². The minimum Gasteiger partial charge on any atom is -0.368 e. The molecule has 240 valence electrons. The molecule has 0 bridgehead atoms. The third-order valence-corrected chi connectivity index (χ3v) is 9.45. The molecule has 12 nitrogen and oxygen atoms in total. The number of tetrazole rings is 1. The van der Waals surface area contributed by atoms with Gasteiger partial charge in [0.25, 0.3) is 0 Å². The summed E-state index contributed by atoms with van der Waals surface area (Å²) in [6.07, 6.45) is 5.45. The van der Waals surface area contributed by atoms with Gasteiger partial charge in [0, 0.05) is 61.5 Å². The molecule has 1 aliphatic carbocycles. The van der Waals surface area contributed by atoms with E-state index in [9.17, 15) is 9.59 Å². The number of H-pyrrole nitrogens is 1. The largest absolute Gasteiger partial charge is 0.368 e. The molecular weight excluding hydrogens is 580 g/mol. The van der Waals surface area contributed by atoms with Crippen LogP contribution in [0.3, 0.4) is 0 Å². The second-order valence-corrected chi connectivity index (χ2v) is 12.5. The normalized spacial score (nSPS) is 19.5. The van der Waals surface area contributed by atoms with Gasteiger partial charge in [-0.15, -0.1) is 10.2 Å². The van der Waals surface area contributed by atoms with E-state index >= 15 is 0 Å². The SMILES string of the molecule is CN1CCN(c2ccc(-c3ccc(C[C@@H](C(N)=O)N(C(=O)C4CCC(CN)CC4)c4ccc(-c5nn[nH]n5)cc4)cc3)cn2)CC1. The molecule has 1 saturated heterocycles. The Labute approximate surface area is 269 Å². The number of anilines is 2. The standard InChI is InChI=1S/C34H42N10O2/c1-42-16-18-43(19-17-42)31-15-12-28(22-37-31)25-6-2-23(3-7-25)20-30(32(36)45)44(34(46)27-8-4-24(21-35)5-9-27)29-13-10-26(11-14-29)33-38-40-41-39-33/h2-3,6-7,10-15,22,24,27,30H,4-5,8-9,16-21,35H2,1H3,(H2,36,45)(H,38,39,40,41)/t24?,27?,30-/m0/s1. The number of nitrogens with zero attached hydrogens (tertiary/aromatic N) is 7. The first-order chi connectivity index (χ1) is 22.4. The molecule has 4 aromatic rings. The summed E-state index contributed by atoms with van der Waals surface area (Å²) in [5.41, 5.74) is 16.3. The van der Waals surface area contributed by atoms with Gasteiger partial charge >= 0.3 is 0 Å². The molecule has 2 aromatic carbocycles. The highest BCUT2D eigenvalue weighted by molar-refractivity contribution is 6.01. The Kier molecular flexibility index (Phi) is 9.65. The summed E-state index contributed by atoms with van der Waals surface area (Å²) in [6, 6.07) is 18.6. The molecule has 5 N–H and O–H groups in total. The lowest BCUT2D eigenvalue weighted by molar-refractivity contribution is -0.127. The molecule has 1 aliphatic heterocycles. The number of benzene rings is 2. The molecule has 0 spiro atoms. The van der Waals surface area contributed by atoms with E-state index in [1.807, 2.05) is 54.7 Å². The van der Waals surface area contributed by atoms with Gasteiger partial charge in [0.05, 0.1) is 0 Å². The Morgan fingerprint density at radius 2 is 1.59 bits per heavy atom. The number of aromatic amines is 1. The van der Waals surface area contributed by atoms with Crippen LogP contribution in [0.4, 0.5) is 11.5 Å². The fraction of sp³-hybridized carbons (Fsp3) is 0.412. The second-order valence-electron chi connectivity index (χ2n) is 12.5. The van der Waals surface area contributed by atoms with E-state index in [1.54, 1.807) is 4.90 Å². The van der Waals surface area contributed by atoms with Crippen LogP contribution < -0.4 is 21.3 Å². The van der Waals surface area contributed by atoms with Gasteiger partial charge in [0.1, 0.15) is 11.9 Å². The van der Waals surface area contributed by atoms with E-state index in [0.29, 0.717) is 24.0 Å². The third-order valence-electron chi connectivity index (χ3n) is 9.45. The number of hydrogen-bond donors (Lipinski definition) is 3. The first-order valence-corrected chi connectivity index (χ1v) is 16.0. The zero-order valence-electron chi connectivity index (χ0n) is 26.3. The first-order valence-electron chi connectivity index (χ1n) is 16.0. The molecular formula is C34H42N10O2. The van der Waals surface area contributed by atoms with Crippen molar-refractivity contribution in [3.63, 3.8) is 0 Å². The highest BCUT2D eigenvalue weighted by Crippen LogP contribution is 2.33. The van der Waals surface area contributed by atoms with Crippen molar-refractivity contribution in [2.24, 2.45) is 23.3 Å². The monoisotopic (exact) mass is 622 g/mol. The molecule has 1 atom stereocenters. The maximum Gasteiger partial charge on any atom is 0.240 e. The van der Waals surface area contributed by atoms with Crippen LogP contribution in [0.1, 0.15) is 31.2 Å². The van der Waals surface area contributed by atoms with Crippen LogP contribution in [0.5, 0.6) is 0 Å². The molecule has 2 aliphatic rings. The van der Waals surface area contributed by atoms with Crippen LogP contribution in [-0.2, 0) is 16.0 Å². The number of amides is 2. The smallest absolute Gasteiger partial charge is 0.240 e. The minimum absolute atomic E-state index is 0.0882. The van der Waals surface area contributed by atoms with E-state index in [0.717, 1.165) is 79.9 Å². The summed E-state index contributed by atoms with van der Waals surface area (Å²) in [5.74, 6) is 1.01. The van der Waals surface area contributed by atoms with Crippen molar-refractivity contribution in [1.29, 1.82) is 0 Å². The highest BCUT2D eigenvalue weighted by atomic mass is 16.2. The number of hydrogen-bond acceptors (Lipinski definition) is 9. The van der Waals surface area contributed by atoms with Crippen molar-refractivity contribution < 1.29 is 9.59 Å². The molecule has 2 fully saturated rings. The van der Waals surface area contributed by atoms with Crippen LogP contribution in [0, 0.1) is 11.8 Å². The van der Waals surface area contributed by atoms with Gasteiger partial charge < -0.3 is 21.3 Å². The molecule has 12 heteroatoms. The lowest BCUT2D eigenvalue weighted by atomic mass is 9.81.